The second-order valence-corrected chi connectivity index (χ2v) is 5.13. The van der Waals surface area contributed by atoms with Crippen LogP contribution >= 0.6 is 0 Å². The van der Waals surface area contributed by atoms with Crippen molar-refractivity contribution < 1.29 is 0 Å². The molecule has 1 aliphatic rings. The first kappa shape index (κ1) is 10.7. The zero-order valence-corrected chi connectivity index (χ0v) is 9.85. The number of nitrogens with two attached hydrogens (primary N) is 1. The second-order valence-electron chi connectivity index (χ2n) is 5.13. The Labute approximate surface area is 91.7 Å². The molecule has 1 saturated carbocycles. The van der Waals surface area contributed by atoms with Gasteiger partial charge in [0.05, 0.1) is 5.69 Å². The van der Waals surface area contributed by atoms with Crippen LogP contribution in [0.1, 0.15) is 38.9 Å². The molecule has 1 aliphatic carbocycles. The molecule has 15 heavy (non-hydrogen) atoms. The normalized spacial score (nSPS) is 27.0. The van der Waals surface area contributed by atoms with Crippen molar-refractivity contribution in [2.75, 3.05) is 0 Å². The van der Waals surface area contributed by atoms with Gasteiger partial charge in [-0.05, 0) is 38.2 Å². The smallest absolute Gasteiger partial charge is 0.0640 e. The molecule has 0 radical (unpaired) electrons. The molecule has 1 heterocycles. The summed E-state index contributed by atoms with van der Waals surface area (Å²) in [5.41, 5.74) is 7.27. The Morgan fingerprint density at radius 3 is 2.73 bits per heavy atom. The second kappa shape index (κ2) is 3.97. The molecule has 3 heteroatoms. The van der Waals surface area contributed by atoms with Crippen LogP contribution in [0, 0.1) is 11.8 Å². The lowest BCUT2D eigenvalue weighted by Crippen LogP contribution is -2.26. The molecule has 1 aromatic heterocycles. The maximum atomic E-state index is 6.14. The van der Waals surface area contributed by atoms with Crippen molar-refractivity contribution in [2.45, 2.75) is 45.7 Å². The molecule has 0 spiro atoms. The van der Waals surface area contributed by atoms with Crippen molar-refractivity contribution in [1.82, 2.24) is 9.78 Å². The van der Waals surface area contributed by atoms with Gasteiger partial charge in [-0.2, -0.15) is 5.10 Å². The Balaban J connectivity index is 1.92. The number of aromatic nitrogens is 2. The Morgan fingerprint density at radius 2 is 2.27 bits per heavy atom. The van der Waals surface area contributed by atoms with Crippen molar-refractivity contribution in [3.05, 3.63) is 18.0 Å². The fourth-order valence-electron chi connectivity index (χ4n) is 2.11. The van der Waals surface area contributed by atoms with E-state index in [0.717, 1.165) is 24.0 Å². The van der Waals surface area contributed by atoms with Crippen molar-refractivity contribution in [2.24, 2.45) is 17.6 Å². The highest BCUT2D eigenvalue weighted by molar-refractivity contribution is 5.05. The van der Waals surface area contributed by atoms with E-state index in [9.17, 15) is 0 Å². The van der Waals surface area contributed by atoms with Gasteiger partial charge >= 0.3 is 0 Å². The van der Waals surface area contributed by atoms with Crippen molar-refractivity contribution in [1.29, 1.82) is 0 Å². The summed E-state index contributed by atoms with van der Waals surface area (Å²) in [5, 5.41) is 4.52. The Bertz CT molecular complexity index is 329. The van der Waals surface area contributed by atoms with Crippen LogP contribution in [0.4, 0.5) is 0 Å². The molecular formula is C12H21N3. The third-order valence-corrected chi connectivity index (χ3v) is 3.36. The Morgan fingerprint density at radius 1 is 1.60 bits per heavy atom. The topological polar surface area (TPSA) is 43.8 Å². The van der Waals surface area contributed by atoms with Gasteiger partial charge in [-0.15, -0.1) is 0 Å². The molecule has 1 fully saturated rings. The molecule has 2 N–H and O–H groups in total. The minimum atomic E-state index is 0.301. The first-order chi connectivity index (χ1) is 7.08. The largest absolute Gasteiger partial charge is 0.327 e. The molecular weight excluding hydrogens is 186 g/mol. The Hall–Kier alpha value is -0.830. The first-order valence-corrected chi connectivity index (χ1v) is 5.87. The molecule has 1 aromatic rings. The third kappa shape index (κ3) is 2.40. The lowest BCUT2D eigenvalue weighted by Gasteiger charge is -2.08. The zero-order valence-electron chi connectivity index (χ0n) is 9.85. The lowest BCUT2D eigenvalue weighted by molar-refractivity contribution is 0.510. The van der Waals surface area contributed by atoms with E-state index in [1.165, 1.54) is 6.42 Å². The van der Waals surface area contributed by atoms with Crippen LogP contribution in [0.2, 0.25) is 0 Å². The van der Waals surface area contributed by atoms with Crippen LogP contribution in [0.3, 0.4) is 0 Å². The van der Waals surface area contributed by atoms with E-state index < -0.39 is 0 Å². The molecule has 0 amide bonds. The van der Waals surface area contributed by atoms with Crippen molar-refractivity contribution in [3.8, 4) is 0 Å². The minimum absolute atomic E-state index is 0.301. The maximum absolute atomic E-state index is 6.14. The van der Waals surface area contributed by atoms with E-state index in [1.54, 1.807) is 0 Å². The molecule has 84 valence electrons. The van der Waals surface area contributed by atoms with Crippen LogP contribution in [-0.2, 0) is 6.42 Å². The molecule has 3 atom stereocenters. The monoisotopic (exact) mass is 207 g/mol. The summed E-state index contributed by atoms with van der Waals surface area (Å²) in [6.07, 6.45) is 4.27. The summed E-state index contributed by atoms with van der Waals surface area (Å²) >= 11 is 0. The standard InChI is InChI=1S/C12H21N3/c1-8(2)15-5-4-10(14-15)7-12(13)11-6-9(11)3/h4-5,8-9,11-12H,6-7,13H2,1-3H3. The molecule has 0 aromatic carbocycles. The molecule has 3 unspecified atom stereocenters. The summed E-state index contributed by atoms with van der Waals surface area (Å²) in [7, 11) is 0. The highest BCUT2D eigenvalue weighted by Crippen LogP contribution is 2.40. The van der Waals surface area contributed by atoms with Gasteiger partial charge in [0.1, 0.15) is 0 Å². The number of hydrogen-bond acceptors (Lipinski definition) is 2. The highest BCUT2D eigenvalue weighted by Gasteiger charge is 2.37. The average Bonchev–Trinajstić information content (AvgIpc) is 2.73. The van der Waals surface area contributed by atoms with Crippen molar-refractivity contribution in [3.63, 3.8) is 0 Å². The van der Waals surface area contributed by atoms with Crippen LogP contribution in [0.5, 0.6) is 0 Å². The molecule has 2 rings (SSSR count). The number of rotatable bonds is 4. The van der Waals surface area contributed by atoms with Gasteiger partial charge in [-0.1, -0.05) is 6.92 Å². The average molecular weight is 207 g/mol. The molecule has 0 aliphatic heterocycles. The Kier molecular flexibility index (Phi) is 2.83. The highest BCUT2D eigenvalue weighted by atomic mass is 15.3. The summed E-state index contributed by atoms with van der Waals surface area (Å²) in [5.74, 6) is 1.56. The van der Waals surface area contributed by atoms with Gasteiger partial charge in [-0.25, -0.2) is 0 Å². The predicted molar refractivity (Wildman–Crippen MR) is 61.6 cm³/mol. The SMILES string of the molecule is CC1CC1C(N)Cc1ccn(C(C)C)n1. The molecule has 3 nitrogen and oxygen atoms in total. The fourth-order valence-corrected chi connectivity index (χ4v) is 2.11. The zero-order chi connectivity index (χ0) is 11.0. The van der Waals surface area contributed by atoms with E-state index >= 15 is 0 Å². The van der Waals surface area contributed by atoms with Gasteiger partial charge in [0.15, 0.2) is 0 Å². The van der Waals surface area contributed by atoms with Crippen LogP contribution in [0.25, 0.3) is 0 Å². The summed E-state index contributed by atoms with van der Waals surface area (Å²) in [6.45, 7) is 6.55. The van der Waals surface area contributed by atoms with Crippen molar-refractivity contribution >= 4 is 0 Å². The van der Waals surface area contributed by atoms with Gasteiger partial charge in [0, 0.05) is 24.7 Å². The molecule has 0 saturated heterocycles. The first-order valence-electron chi connectivity index (χ1n) is 5.87. The van der Waals surface area contributed by atoms with E-state index in [2.05, 4.69) is 31.9 Å². The quantitative estimate of drug-likeness (QED) is 0.820. The summed E-state index contributed by atoms with van der Waals surface area (Å²) in [6, 6.07) is 2.83. The minimum Gasteiger partial charge on any atom is -0.327 e. The van der Waals surface area contributed by atoms with E-state index in [0.29, 0.717) is 12.1 Å². The van der Waals surface area contributed by atoms with Gasteiger partial charge in [-0.3, -0.25) is 4.68 Å². The van der Waals surface area contributed by atoms with Gasteiger partial charge in [0.25, 0.3) is 0 Å². The number of nitrogens with zero attached hydrogens (tertiary/aromatic N) is 2. The fraction of sp³-hybridized carbons (Fsp3) is 0.750. The van der Waals surface area contributed by atoms with E-state index in [1.807, 2.05) is 10.9 Å². The number of hydrogen-bond donors (Lipinski definition) is 1. The summed E-state index contributed by atoms with van der Waals surface area (Å²) in [4.78, 5) is 0. The van der Waals surface area contributed by atoms with Crippen LogP contribution in [-0.4, -0.2) is 15.8 Å². The van der Waals surface area contributed by atoms with E-state index in [4.69, 9.17) is 5.73 Å². The summed E-state index contributed by atoms with van der Waals surface area (Å²) < 4.78 is 2.00. The van der Waals surface area contributed by atoms with Crippen LogP contribution in [0.15, 0.2) is 12.3 Å². The third-order valence-electron chi connectivity index (χ3n) is 3.36. The molecule has 0 bridgehead atoms. The maximum Gasteiger partial charge on any atom is 0.0640 e. The predicted octanol–water partition coefficient (Wildman–Crippen LogP) is 1.99. The van der Waals surface area contributed by atoms with Gasteiger partial charge in [0.2, 0.25) is 0 Å². The van der Waals surface area contributed by atoms with E-state index in [-0.39, 0.29) is 0 Å². The van der Waals surface area contributed by atoms with Gasteiger partial charge < -0.3 is 5.73 Å². The van der Waals surface area contributed by atoms with Crippen LogP contribution < -0.4 is 5.73 Å². The lowest BCUT2D eigenvalue weighted by atomic mass is 10.1.